The monoisotopic (exact) mass is 399 g/mol. The van der Waals surface area contributed by atoms with Gasteiger partial charge in [-0.3, -0.25) is 0 Å². The second kappa shape index (κ2) is 8.68. The molecule has 0 amide bonds. The third kappa shape index (κ3) is 5.75. The topological polar surface area (TPSA) is 3.24 Å². The predicted molar refractivity (Wildman–Crippen MR) is 131 cm³/mol. The minimum Gasteiger partial charge on any atom is -0.363 e. The molecule has 0 heterocycles. The predicted octanol–water partition coefficient (Wildman–Crippen LogP) is 7.80. The summed E-state index contributed by atoms with van der Waals surface area (Å²) in [5.41, 5.74) is 8.37. The molecule has 0 fully saturated rings. The average molecular weight is 400 g/mol. The van der Waals surface area contributed by atoms with Gasteiger partial charge in [0.05, 0.1) is 0 Å². The maximum Gasteiger partial charge on any atom is 0.0433 e. The molecule has 3 rings (SSSR count). The van der Waals surface area contributed by atoms with E-state index in [2.05, 4.69) is 126 Å². The Morgan fingerprint density at radius 1 is 0.533 bits per heavy atom. The molecule has 0 N–H and O–H groups in total. The van der Waals surface area contributed by atoms with Crippen molar-refractivity contribution in [1.29, 1.82) is 0 Å². The summed E-state index contributed by atoms with van der Waals surface area (Å²) in [5.74, 6) is 0. The van der Waals surface area contributed by atoms with E-state index in [1.165, 1.54) is 33.5 Å². The minimum absolute atomic E-state index is 0.184. The molecule has 0 aliphatic heterocycles. The highest BCUT2D eigenvalue weighted by Crippen LogP contribution is 2.26. The van der Waals surface area contributed by atoms with Crippen LogP contribution in [0.15, 0.2) is 72.8 Å². The van der Waals surface area contributed by atoms with Crippen LogP contribution in [-0.2, 0) is 23.9 Å². The van der Waals surface area contributed by atoms with E-state index in [1.807, 2.05) is 0 Å². The maximum absolute atomic E-state index is 2.47. The van der Waals surface area contributed by atoms with Crippen LogP contribution in [0.2, 0.25) is 0 Å². The molecule has 0 saturated heterocycles. The van der Waals surface area contributed by atoms with E-state index >= 15 is 0 Å². The number of hydrogen-bond acceptors (Lipinski definition) is 1. The molecule has 0 atom stereocenters. The van der Waals surface area contributed by atoms with Crippen LogP contribution in [0.4, 0.5) is 5.69 Å². The summed E-state index contributed by atoms with van der Waals surface area (Å²) in [6.45, 7) is 17.5. The Hall–Kier alpha value is -2.54. The zero-order chi connectivity index (χ0) is 21.9. The first-order valence-electron chi connectivity index (χ1n) is 11.0. The van der Waals surface area contributed by atoms with Gasteiger partial charge in [0.2, 0.25) is 0 Å². The van der Waals surface area contributed by atoms with Crippen LogP contribution in [0.5, 0.6) is 0 Å². The van der Waals surface area contributed by atoms with Crippen molar-refractivity contribution in [2.24, 2.45) is 0 Å². The minimum atomic E-state index is 0.184. The summed E-state index contributed by atoms with van der Waals surface area (Å²) in [5, 5.41) is 0. The molecule has 1 heteroatoms. The van der Waals surface area contributed by atoms with Gasteiger partial charge in [-0.2, -0.15) is 0 Å². The first-order valence-corrected chi connectivity index (χ1v) is 11.0. The molecule has 30 heavy (non-hydrogen) atoms. The zero-order valence-electron chi connectivity index (χ0n) is 19.8. The summed E-state index contributed by atoms with van der Waals surface area (Å²) in [6, 6.07) is 27.1. The smallest absolute Gasteiger partial charge is 0.0433 e. The molecule has 0 saturated carbocycles. The lowest BCUT2D eigenvalue weighted by atomic mass is 9.86. The van der Waals surface area contributed by atoms with Gasteiger partial charge in [-0.1, -0.05) is 108 Å². The van der Waals surface area contributed by atoms with Crippen LogP contribution < -0.4 is 4.90 Å². The molecule has 0 aliphatic rings. The van der Waals surface area contributed by atoms with Gasteiger partial charge in [0, 0.05) is 18.8 Å². The van der Waals surface area contributed by atoms with E-state index in [-0.39, 0.29) is 10.8 Å². The highest BCUT2D eigenvalue weighted by atomic mass is 15.1. The lowest BCUT2D eigenvalue weighted by Crippen LogP contribution is -2.22. The third-order valence-electron chi connectivity index (χ3n) is 5.79. The van der Waals surface area contributed by atoms with Gasteiger partial charge in [-0.25, -0.2) is 0 Å². The van der Waals surface area contributed by atoms with E-state index in [0.29, 0.717) is 0 Å². The van der Waals surface area contributed by atoms with Crippen molar-refractivity contribution in [3.63, 3.8) is 0 Å². The molecule has 158 valence electrons. The van der Waals surface area contributed by atoms with Crippen molar-refractivity contribution in [1.82, 2.24) is 0 Å². The number of nitrogens with zero attached hydrogens (tertiary/aromatic N) is 1. The summed E-state index contributed by atoms with van der Waals surface area (Å²) >= 11 is 0. The fourth-order valence-corrected chi connectivity index (χ4v) is 3.66. The molecule has 0 spiro atoms. The molecule has 3 aromatic rings. The Kier molecular flexibility index (Phi) is 6.41. The number of benzene rings is 3. The van der Waals surface area contributed by atoms with Crippen LogP contribution in [0.3, 0.4) is 0 Å². The first kappa shape index (κ1) is 22.2. The van der Waals surface area contributed by atoms with E-state index in [9.17, 15) is 0 Å². The standard InChI is InChI=1S/C29H37N/c1-22-8-18-27(19-9-22)30(20-23-10-14-25(15-11-23)28(2,3)4)21-24-12-16-26(17-13-24)29(5,6)7/h8-19H,20-21H2,1-7H3. The van der Waals surface area contributed by atoms with Crippen molar-refractivity contribution in [3.8, 4) is 0 Å². The van der Waals surface area contributed by atoms with E-state index < -0.39 is 0 Å². The molecule has 3 aromatic carbocycles. The van der Waals surface area contributed by atoms with Crippen molar-refractivity contribution < 1.29 is 0 Å². The molecule has 0 aromatic heterocycles. The fraction of sp³-hybridized carbons (Fsp3) is 0.379. The number of anilines is 1. The Morgan fingerprint density at radius 2 is 0.900 bits per heavy atom. The Labute approximate surface area is 183 Å². The van der Waals surface area contributed by atoms with E-state index in [1.54, 1.807) is 0 Å². The van der Waals surface area contributed by atoms with Crippen molar-refractivity contribution in [2.75, 3.05) is 4.90 Å². The van der Waals surface area contributed by atoms with Gasteiger partial charge in [0.15, 0.2) is 0 Å². The van der Waals surface area contributed by atoms with E-state index in [4.69, 9.17) is 0 Å². The van der Waals surface area contributed by atoms with E-state index in [0.717, 1.165) is 13.1 Å². The molecule has 0 unspecified atom stereocenters. The summed E-state index contributed by atoms with van der Waals surface area (Å²) < 4.78 is 0. The van der Waals surface area contributed by atoms with Crippen molar-refractivity contribution in [2.45, 2.75) is 72.4 Å². The second-order valence-electron chi connectivity index (χ2n) is 10.6. The van der Waals surface area contributed by atoms with Gasteiger partial charge < -0.3 is 4.90 Å². The molecular formula is C29H37N. The zero-order valence-corrected chi connectivity index (χ0v) is 19.8. The summed E-state index contributed by atoms with van der Waals surface area (Å²) in [7, 11) is 0. The van der Waals surface area contributed by atoms with Gasteiger partial charge in [-0.15, -0.1) is 0 Å². The number of hydrogen-bond donors (Lipinski definition) is 0. The molecule has 0 bridgehead atoms. The maximum atomic E-state index is 2.47. The highest BCUT2D eigenvalue weighted by molar-refractivity contribution is 5.49. The van der Waals surface area contributed by atoms with Gasteiger partial charge >= 0.3 is 0 Å². The normalized spacial score (nSPS) is 12.1. The van der Waals surface area contributed by atoms with Crippen molar-refractivity contribution >= 4 is 5.69 Å². The van der Waals surface area contributed by atoms with Gasteiger partial charge in [0.25, 0.3) is 0 Å². The number of aryl methyl sites for hydroxylation is 1. The quantitative estimate of drug-likeness (QED) is 0.423. The Balaban J connectivity index is 1.85. The highest BCUT2D eigenvalue weighted by Gasteiger charge is 2.15. The summed E-state index contributed by atoms with van der Waals surface area (Å²) in [4.78, 5) is 2.47. The summed E-state index contributed by atoms with van der Waals surface area (Å²) in [6.07, 6.45) is 0. The van der Waals surface area contributed by atoms with Crippen LogP contribution in [0.1, 0.15) is 69.4 Å². The van der Waals surface area contributed by atoms with Crippen molar-refractivity contribution in [3.05, 3.63) is 101 Å². The first-order chi connectivity index (χ1) is 14.0. The second-order valence-corrected chi connectivity index (χ2v) is 10.6. The van der Waals surface area contributed by atoms with Crippen LogP contribution in [-0.4, -0.2) is 0 Å². The largest absolute Gasteiger partial charge is 0.363 e. The van der Waals surface area contributed by atoms with Crippen LogP contribution in [0.25, 0.3) is 0 Å². The Morgan fingerprint density at radius 3 is 1.23 bits per heavy atom. The van der Waals surface area contributed by atoms with Gasteiger partial charge in [0.1, 0.15) is 0 Å². The lowest BCUT2D eigenvalue weighted by molar-refractivity contribution is 0.590. The fourth-order valence-electron chi connectivity index (χ4n) is 3.66. The number of rotatable bonds is 5. The SMILES string of the molecule is Cc1ccc(N(Cc2ccc(C(C)(C)C)cc2)Cc2ccc(C(C)(C)C)cc2)cc1. The molecule has 0 aliphatic carbocycles. The molecule has 1 nitrogen and oxygen atoms in total. The Bertz CT molecular complexity index is 874. The van der Waals surface area contributed by atoms with Crippen LogP contribution in [0, 0.1) is 6.92 Å². The third-order valence-corrected chi connectivity index (χ3v) is 5.79. The molecular weight excluding hydrogens is 362 g/mol. The molecule has 0 radical (unpaired) electrons. The van der Waals surface area contributed by atoms with Crippen LogP contribution >= 0.6 is 0 Å². The lowest BCUT2D eigenvalue weighted by Gasteiger charge is -2.27. The van der Waals surface area contributed by atoms with Gasteiger partial charge in [-0.05, 0) is 52.1 Å². The average Bonchev–Trinajstić information content (AvgIpc) is 2.67.